The second-order valence-corrected chi connectivity index (χ2v) is 15.6. The molecule has 3 unspecified atom stereocenters. The van der Waals surface area contributed by atoms with Crippen LogP contribution in [0.2, 0.25) is 0 Å². The Kier molecular flexibility index (Phi) is 11.4. The topological polar surface area (TPSA) is 88.8 Å². The second-order valence-electron chi connectivity index (χ2n) is 15.6. The van der Waals surface area contributed by atoms with Crippen molar-refractivity contribution >= 4 is 12.3 Å². The van der Waals surface area contributed by atoms with Gasteiger partial charge in [0.25, 0.3) is 0 Å². The number of nitrogens with two attached hydrogens (primary N) is 2. The van der Waals surface area contributed by atoms with E-state index >= 15 is 0 Å². The lowest BCUT2D eigenvalue weighted by Gasteiger charge is -2.42. The molecule has 5 nitrogen and oxygen atoms in total. The van der Waals surface area contributed by atoms with Gasteiger partial charge < -0.3 is 16.4 Å². The van der Waals surface area contributed by atoms with Crippen LogP contribution >= 0.6 is 0 Å². The summed E-state index contributed by atoms with van der Waals surface area (Å²) in [5.74, 6) is 0.696. The van der Waals surface area contributed by atoms with Crippen LogP contribution in [0.15, 0.2) is 0 Å². The van der Waals surface area contributed by atoms with E-state index in [0.717, 1.165) is 25.7 Å². The minimum absolute atomic E-state index is 0.0707. The zero-order valence-corrected chi connectivity index (χ0v) is 25.2. The molecule has 0 aromatic carbocycles. The molecule has 0 saturated carbocycles. The van der Waals surface area contributed by atoms with Crippen LogP contribution in [0.25, 0.3) is 0 Å². The summed E-state index contributed by atoms with van der Waals surface area (Å²) < 4.78 is 0. The van der Waals surface area contributed by atoms with E-state index in [9.17, 15) is 9.59 Å². The van der Waals surface area contributed by atoms with E-state index in [2.05, 4.69) is 108 Å². The van der Waals surface area contributed by atoms with Crippen LogP contribution in [0, 0.1) is 34.0 Å². The van der Waals surface area contributed by atoms with Crippen molar-refractivity contribution in [3.05, 3.63) is 0 Å². The molecule has 202 valence electrons. The Hall–Kier alpha value is -1.10. The number of carbonyl (C=O) groups excluding carboxylic acids is 2. The summed E-state index contributed by atoms with van der Waals surface area (Å²) in [5.41, 5.74) is 6.64. The molecule has 0 aromatic heterocycles. The lowest BCUT2D eigenvalue weighted by Crippen LogP contribution is -3.06. The Bertz CT molecular complexity index is 637. The van der Waals surface area contributed by atoms with Crippen molar-refractivity contribution in [3.8, 4) is 0 Å². The lowest BCUT2D eigenvalue weighted by atomic mass is 9.64. The third-order valence-corrected chi connectivity index (χ3v) is 7.54. The predicted molar refractivity (Wildman–Crippen MR) is 145 cm³/mol. The van der Waals surface area contributed by atoms with Crippen molar-refractivity contribution < 1.29 is 14.9 Å². The van der Waals surface area contributed by atoms with Gasteiger partial charge in [-0.05, 0) is 68.6 Å². The summed E-state index contributed by atoms with van der Waals surface area (Å²) in [5, 5.41) is 5.30. The number of piperidine rings is 1. The standard InChI is InChI=1S/C19H39NO.C10H20N2O/c1-13(15(16(20)21)18(6,7)8)11-19(9,10)14(2)12-17(3,4)5;1-9(2)5-8(11-7-13)6-10(3,4)12-9/h13-15H,11-12H2,1-10H3,(H2,20,21);7-8,12H,5-6H2,1-4H3,(H,11,13)/p+1. The van der Waals surface area contributed by atoms with Gasteiger partial charge in [0.2, 0.25) is 12.3 Å². The quantitative estimate of drug-likeness (QED) is 0.411. The maximum atomic E-state index is 11.9. The molecule has 1 aliphatic rings. The van der Waals surface area contributed by atoms with Crippen LogP contribution in [0.5, 0.6) is 0 Å². The molecule has 1 aliphatic heterocycles. The number of carbonyl (C=O) groups is 2. The Morgan fingerprint density at radius 2 is 1.41 bits per heavy atom. The van der Waals surface area contributed by atoms with Gasteiger partial charge in [-0.2, -0.15) is 0 Å². The number of hydrogen-bond acceptors (Lipinski definition) is 2. The molecule has 34 heavy (non-hydrogen) atoms. The van der Waals surface area contributed by atoms with Crippen molar-refractivity contribution in [1.29, 1.82) is 0 Å². The number of amides is 2. The predicted octanol–water partition coefficient (Wildman–Crippen LogP) is 5.27. The first kappa shape index (κ1) is 32.9. The lowest BCUT2D eigenvalue weighted by molar-refractivity contribution is -0.787. The Morgan fingerprint density at radius 1 is 0.971 bits per heavy atom. The molecule has 1 saturated heterocycles. The molecule has 0 aliphatic carbocycles. The zero-order chi connectivity index (χ0) is 27.3. The molecule has 5 heteroatoms. The average Bonchev–Trinajstić information content (AvgIpc) is 2.48. The molecule has 2 amide bonds. The van der Waals surface area contributed by atoms with E-state index in [1.807, 2.05) is 0 Å². The van der Waals surface area contributed by atoms with Gasteiger partial charge in [0.1, 0.15) is 0 Å². The molecular formula is C29H60N3O2+. The number of rotatable bonds is 8. The normalized spacial score (nSPS) is 21.5. The Morgan fingerprint density at radius 3 is 1.74 bits per heavy atom. The number of nitrogens with one attached hydrogen (secondary N) is 1. The molecule has 0 spiro atoms. The highest BCUT2D eigenvalue weighted by atomic mass is 16.1. The summed E-state index contributed by atoms with van der Waals surface area (Å²) in [6.07, 6.45) is 5.16. The molecule has 3 atom stereocenters. The Balaban J connectivity index is 0.000000712. The third kappa shape index (κ3) is 12.0. The Labute approximate surface area is 212 Å². The number of quaternary nitrogens is 1. The van der Waals surface area contributed by atoms with E-state index in [0.29, 0.717) is 23.3 Å². The monoisotopic (exact) mass is 482 g/mol. The average molecular weight is 483 g/mol. The van der Waals surface area contributed by atoms with Crippen LogP contribution in [0.1, 0.15) is 123 Å². The number of primary amides is 1. The highest BCUT2D eigenvalue weighted by Gasteiger charge is 2.41. The maximum absolute atomic E-state index is 11.9. The van der Waals surface area contributed by atoms with Crippen LogP contribution in [-0.2, 0) is 9.59 Å². The fraction of sp³-hybridized carbons (Fsp3) is 0.931. The zero-order valence-electron chi connectivity index (χ0n) is 25.2. The molecule has 0 bridgehead atoms. The molecule has 1 fully saturated rings. The summed E-state index contributed by atoms with van der Waals surface area (Å²) >= 11 is 0. The van der Waals surface area contributed by atoms with Gasteiger partial charge in [-0.25, -0.2) is 0 Å². The van der Waals surface area contributed by atoms with E-state index in [-0.39, 0.29) is 33.7 Å². The molecule has 1 heterocycles. The SMILES string of the molecule is CC(CC(C)(C)C(C)CC(C)(C)C)C(C(N)=O)C(C)(C)C.CC1(C)CC(NC=O)CC(C)(C)[NH2+]1. The van der Waals surface area contributed by atoms with Gasteiger partial charge in [-0.15, -0.1) is 0 Å². The van der Waals surface area contributed by atoms with Crippen molar-refractivity contribution in [1.82, 2.24) is 5.32 Å². The molecule has 0 aromatic rings. The van der Waals surface area contributed by atoms with E-state index < -0.39 is 0 Å². The van der Waals surface area contributed by atoms with Crippen molar-refractivity contribution in [2.75, 3.05) is 0 Å². The summed E-state index contributed by atoms with van der Waals surface area (Å²) in [6.45, 7) is 31.3. The fourth-order valence-electron chi connectivity index (χ4n) is 6.64. The van der Waals surface area contributed by atoms with Crippen LogP contribution < -0.4 is 16.4 Å². The van der Waals surface area contributed by atoms with Gasteiger partial charge in [0.15, 0.2) is 0 Å². The first-order valence-corrected chi connectivity index (χ1v) is 13.3. The summed E-state index contributed by atoms with van der Waals surface area (Å²) in [4.78, 5) is 22.3. The van der Waals surface area contributed by atoms with Crippen LogP contribution in [-0.4, -0.2) is 29.4 Å². The fourth-order valence-corrected chi connectivity index (χ4v) is 6.64. The van der Waals surface area contributed by atoms with Gasteiger partial charge in [-0.1, -0.05) is 69.2 Å². The molecule has 5 N–H and O–H groups in total. The number of hydrogen-bond donors (Lipinski definition) is 3. The molecular weight excluding hydrogens is 422 g/mol. The molecule has 1 rings (SSSR count). The van der Waals surface area contributed by atoms with Crippen LogP contribution in [0.4, 0.5) is 0 Å². The maximum Gasteiger partial charge on any atom is 0.221 e. The smallest absolute Gasteiger partial charge is 0.221 e. The first-order chi connectivity index (χ1) is 14.9. The van der Waals surface area contributed by atoms with E-state index in [1.165, 1.54) is 6.42 Å². The second kappa shape index (κ2) is 11.8. The van der Waals surface area contributed by atoms with Crippen molar-refractivity contribution in [3.63, 3.8) is 0 Å². The van der Waals surface area contributed by atoms with Gasteiger partial charge in [0, 0.05) is 24.8 Å². The highest BCUT2D eigenvalue weighted by molar-refractivity contribution is 5.77. The first-order valence-electron chi connectivity index (χ1n) is 13.3. The highest BCUT2D eigenvalue weighted by Crippen LogP contribution is 2.44. The van der Waals surface area contributed by atoms with Gasteiger partial charge >= 0.3 is 0 Å². The third-order valence-electron chi connectivity index (χ3n) is 7.54. The largest absolute Gasteiger partial charge is 0.369 e. The van der Waals surface area contributed by atoms with Gasteiger partial charge in [0.05, 0.1) is 11.1 Å². The van der Waals surface area contributed by atoms with E-state index in [4.69, 9.17) is 5.73 Å². The summed E-state index contributed by atoms with van der Waals surface area (Å²) in [6, 6.07) is 0.340. The minimum Gasteiger partial charge on any atom is -0.369 e. The van der Waals surface area contributed by atoms with Gasteiger partial charge in [-0.3, -0.25) is 9.59 Å². The van der Waals surface area contributed by atoms with Crippen molar-refractivity contribution in [2.24, 2.45) is 39.7 Å². The van der Waals surface area contributed by atoms with Crippen molar-refractivity contribution in [2.45, 2.75) is 140 Å². The summed E-state index contributed by atoms with van der Waals surface area (Å²) in [7, 11) is 0. The van der Waals surface area contributed by atoms with Crippen LogP contribution in [0.3, 0.4) is 0 Å². The minimum atomic E-state index is -0.158. The van der Waals surface area contributed by atoms with E-state index in [1.54, 1.807) is 0 Å². The molecule has 0 radical (unpaired) electrons.